The van der Waals surface area contributed by atoms with Gasteiger partial charge < -0.3 is 16.0 Å². The van der Waals surface area contributed by atoms with Crippen molar-refractivity contribution in [1.29, 1.82) is 0 Å². The maximum Gasteiger partial charge on any atom is 0.251 e. The predicted molar refractivity (Wildman–Crippen MR) is 88.4 cm³/mol. The van der Waals surface area contributed by atoms with Crippen LogP contribution in [0.4, 0.5) is 5.69 Å². The van der Waals surface area contributed by atoms with Crippen LogP contribution in [0.15, 0.2) is 24.3 Å². The first-order valence-electron chi connectivity index (χ1n) is 7.65. The van der Waals surface area contributed by atoms with E-state index in [1.807, 2.05) is 6.07 Å². The molecular weight excluding hydrogens is 302 g/mol. The molecule has 0 aromatic heterocycles. The summed E-state index contributed by atoms with van der Waals surface area (Å²) in [5, 5.41) is 9.18. The van der Waals surface area contributed by atoms with Gasteiger partial charge in [0.2, 0.25) is 5.91 Å². The van der Waals surface area contributed by atoms with Gasteiger partial charge in [-0.3, -0.25) is 9.59 Å². The third-order valence-electron chi connectivity index (χ3n) is 3.97. The van der Waals surface area contributed by atoms with Gasteiger partial charge in [0.1, 0.15) is 0 Å². The van der Waals surface area contributed by atoms with Crippen LogP contribution in [0.25, 0.3) is 0 Å². The standard InChI is InChI=1S/C16H21N3O2.ClH/c20-15(11-6-7-11)18-13-4-1-3-12(9-13)16(21)19-14-5-2-8-17-10-14;/h1,3-4,9,11,14,17H,2,5-8,10H2,(H,18,20)(H,19,21);1H/t14-;/m0./s1. The Balaban J connectivity index is 0.00000176. The summed E-state index contributed by atoms with van der Waals surface area (Å²) >= 11 is 0. The number of carbonyl (C=O) groups excluding carboxylic acids is 2. The van der Waals surface area contributed by atoms with Crippen molar-refractivity contribution in [3.05, 3.63) is 29.8 Å². The van der Waals surface area contributed by atoms with Gasteiger partial charge in [-0.05, 0) is 50.4 Å². The SMILES string of the molecule is Cl.O=C(N[C@H]1CCCNC1)c1cccc(NC(=O)C2CC2)c1. The first kappa shape index (κ1) is 16.8. The fraction of sp³-hybridized carbons (Fsp3) is 0.500. The molecule has 0 bridgehead atoms. The van der Waals surface area contributed by atoms with Crippen molar-refractivity contribution in [3.8, 4) is 0 Å². The van der Waals surface area contributed by atoms with Crippen LogP contribution in [0.3, 0.4) is 0 Å². The van der Waals surface area contributed by atoms with Crippen LogP contribution in [0.2, 0.25) is 0 Å². The molecule has 1 aromatic rings. The molecule has 1 heterocycles. The van der Waals surface area contributed by atoms with E-state index >= 15 is 0 Å². The van der Waals surface area contributed by atoms with Crippen LogP contribution in [-0.4, -0.2) is 30.9 Å². The average molecular weight is 324 g/mol. The Morgan fingerprint density at radius 1 is 1.18 bits per heavy atom. The fourth-order valence-corrected chi connectivity index (χ4v) is 2.57. The number of anilines is 1. The maximum atomic E-state index is 12.2. The average Bonchev–Trinajstić information content (AvgIpc) is 3.33. The third-order valence-corrected chi connectivity index (χ3v) is 3.97. The van der Waals surface area contributed by atoms with Crippen molar-refractivity contribution in [1.82, 2.24) is 10.6 Å². The second-order valence-corrected chi connectivity index (χ2v) is 5.86. The lowest BCUT2D eigenvalue weighted by atomic mass is 10.1. The summed E-state index contributed by atoms with van der Waals surface area (Å²) in [6.07, 6.45) is 4.04. The molecule has 6 heteroatoms. The number of halogens is 1. The number of carbonyl (C=O) groups is 2. The van der Waals surface area contributed by atoms with E-state index in [9.17, 15) is 9.59 Å². The number of piperidine rings is 1. The van der Waals surface area contributed by atoms with Gasteiger partial charge in [-0.15, -0.1) is 12.4 Å². The van der Waals surface area contributed by atoms with E-state index in [1.54, 1.807) is 18.2 Å². The molecule has 2 fully saturated rings. The number of nitrogens with one attached hydrogen (secondary N) is 3. The van der Waals surface area contributed by atoms with Gasteiger partial charge in [0, 0.05) is 29.8 Å². The lowest BCUT2D eigenvalue weighted by Gasteiger charge is -2.23. The molecule has 1 saturated carbocycles. The Morgan fingerprint density at radius 2 is 2.00 bits per heavy atom. The number of rotatable bonds is 4. The molecule has 1 atom stereocenters. The lowest BCUT2D eigenvalue weighted by molar-refractivity contribution is -0.117. The summed E-state index contributed by atoms with van der Waals surface area (Å²) in [6.45, 7) is 1.85. The van der Waals surface area contributed by atoms with E-state index in [0.717, 1.165) is 38.8 Å². The Labute approximate surface area is 136 Å². The molecule has 0 unspecified atom stereocenters. The zero-order valence-electron chi connectivity index (χ0n) is 12.4. The predicted octanol–water partition coefficient (Wildman–Crippen LogP) is 1.94. The van der Waals surface area contributed by atoms with Crippen LogP contribution in [0.5, 0.6) is 0 Å². The Bertz CT molecular complexity index is 540. The highest BCUT2D eigenvalue weighted by Gasteiger charge is 2.29. The van der Waals surface area contributed by atoms with E-state index in [2.05, 4.69) is 16.0 Å². The van der Waals surface area contributed by atoms with Gasteiger partial charge in [0.25, 0.3) is 5.91 Å². The first-order chi connectivity index (χ1) is 10.2. The number of hydrogen-bond donors (Lipinski definition) is 3. The van der Waals surface area contributed by atoms with Gasteiger partial charge in [-0.2, -0.15) is 0 Å². The van der Waals surface area contributed by atoms with Gasteiger partial charge in [0.15, 0.2) is 0 Å². The van der Waals surface area contributed by atoms with Crippen molar-refractivity contribution < 1.29 is 9.59 Å². The molecule has 1 aliphatic carbocycles. The summed E-state index contributed by atoms with van der Waals surface area (Å²) in [5.41, 5.74) is 1.29. The van der Waals surface area contributed by atoms with Crippen molar-refractivity contribution in [2.75, 3.05) is 18.4 Å². The van der Waals surface area contributed by atoms with Crippen LogP contribution in [-0.2, 0) is 4.79 Å². The number of amides is 2. The largest absolute Gasteiger partial charge is 0.348 e. The Morgan fingerprint density at radius 3 is 2.68 bits per heavy atom. The summed E-state index contributed by atoms with van der Waals surface area (Å²) in [4.78, 5) is 24.0. The Hall–Kier alpha value is -1.59. The molecular formula is C16H22ClN3O2. The summed E-state index contributed by atoms with van der Waals surface area (Å²) in [7, 11) is 0. The molecule has 2 aliphatic rings. The minimum absolute atomic E-state index is 0. The highest BCUT2D eigenvalue weighted by atomic mass is 35.5. The van der Waals surface area contributed by atoms with E-state index in [0.29, 0.717) is 11.3 Å². The van der Waals surface area contributed by atoms with Crippen molar-refractivity contribution in [2.24, 2.45) is 5.92 Å². The molecule has 1 saturated heterocycles. The van der Waals surface area contributed by atoms with Crippen LogP contribution < -0.4 is 16.0 Å². The molecule has 5 nitrogen and oxygen atoms in total. The van der Waals surface area contributed by atoms with E-state index < -0.39 is 0 Å². The molecule has 3 N–H and O–H groups in total. The van der Waals surface area contributed by atoms with Crippen molar-refractivity contribution in [2.45, 2.75) is 31.7 Å². The van der Waals surface area contributed by atoms with Gasteiger partial charge in [0.05, 0.1) is 0 Å². The van der Waals surface area contributed by atoms with E-state index in [-0.39, 0.29) is 36.2 Å². The van der Waals surface area contributed by atoms with Crippen molar-refractivity contribution in [3.63, 3.8) is 0 Å². The van der Waals surface area contributed by atoms with Gasteiger partial charge in [-0.1, -0.05) is 6.07 Å². The van der Waals surface area contributed by atoms with E-state index in [1.165, 1.54) is 0 Å². The molecule has 22 heavy (non-hydrogen) atoms. The molecule has 1 aromatic carbocycles. The fourth-order valence-electron chi connectivity index (χ4n) is 2.57. The van der Waals surface area contributed by atoms with Gasteiger partial charge >= 0.3 is 0 Å². The summed E-state index contributed by atoms with van der Waals surface area (Å²) in [6, 6.07) is 7.33. The molecule has 120 valence electrons. The van der Waals surface area contributed by atoms with Gasteiger partial charge in [-0.25, -0.2) is 0 Å². The maximum absolute atomic E-state index is 12.2. The second-order valence-electron chi connectivity index (χ2n) is 5.86. The minimum atomic E-state index is -0.0776. The molecule has 3 rings (SSSR count). The Kier molecular flexibility index (Phi) is 5.80. The quantitative estimate of drug-likeness (QED) is 0.793. The van der Waals surface area contributed by atoms with Crippen LogP contribution in [0, 0.1) is 5.92 Å². The topological polar surface area (TPSA) is 70.2 Å². The van der Waals surface area contributed by atoms with Crippen molar-refractivity contribution >= 4 is 29.9 Å². The highest BCUT2D eigenvalue weighted by molar-refractivity contribution is 5.98. The number of hydrogen-bond acceptors (Lipinski definition) is 3. The summed E-state index contributed by atoms with van der Waals surface area (Å²) in [5.74, 6) is 0.144. The highest BCUT2D eigenvalue weighted by Crippen LogP contribution is 2.30. The zero-order chi connectivity index (χ0) is 14.7. The molecule has 2 amide bonds. The van der Waals surface area contributed by atoms with E-state index in [4.69, 9.17) is 0 Å². The smallest absolute Gasteiger partial charge is 0.251 e. The lowest BCUT2D eigenvalue weighted by Crippen LogP contribution is -2.45. The monoisotopic (exact) mass is 323 g/mol. The molecule has 0 spiro atoms. The van der Waals surface area contributed by atoms with Crippen LogP contribution in [0.1, 0.15) is 36.0 Å². The minimum Gasteiger partial charge on any atom is -0.348 e. The van der Waals surface area contributed by atoms with Crippen LogP contribution >= 0.6 is 12.4 Å². The molecule has 1 aliphatic heterocycles. The summed E-state index contributed by atoms with van der Waals surface area (Å²) < 4.78 is 0. The zero-order valence-corrected chi connectivity index (χ0v) is 13.2. The number of benzene rings is 1. The third kappa shape index (κ3) is 4.45. The normalized spacial score (nSPS) is 20.6. The second kappa shape index (κ2) is 7.61. The molecule has 0 radical (unpaired) electrons. The first-order valence-corrected chi connectivity index (χ1v) is 7.65.